The van der Waals surface area contributed by atoms with Crippen molar-refractivity contribution in [3.8, 4) is 0 Å². The van der Waals surface area contributed by atoms with E-state index in [1.54, 1.807) is 17.8 Å². The molecule has 0 aliphatic rings. The van der Waals surface area contributed by atoms with Crippen molar-refractivity contribution in [1.29, 1.82) is 0 Å². The van der Waals surface area contributed by atoms with E-state index < -0.39 is 5.97 Å². The van der Waals surface area contributed by atoms with E-state index in [1.165, 1.54) is 7.11 Å². The number of carbonyl (C=O) groups excluding carboxylic acids is 1. The molecule has 15 heavy (non-hydrogen) atoms. The summed E-state index contributed by atoms with van der Waals surface area (Å²) in [5, 5.41) is 0.919. The lowest BCUT2D eigenvalue weighted by Gasteiger charge is -1.93. The zero-order chi connectivity index (χ0) is 10.8. The molecular formula is C11H10O3S. The minimum atomic E-state index is -0.447. The fourth-order valence-corrected chi connectivity index (χ4v) is 1.80. The molecule has 0 unspecified atom stereocenters. The highest BCUT2D eigenvalue weighted by Crippen LogP contribution is 2.25. The molecule has 1 aromatic carbocycles. The third-order valence-corrected chi connectivity index (χ3v) is 2.84. The Labute approximate surface area is 91.4 Å². The molecule has 0 bridgehead atoms. The Hall–Kier alpha value is -1.42. The molecule has 1 heterocycles. The molecule has 2 rings (SSSR count). The van der Waals surface area contributed by atoms with Crippen LogP contribution in [-0.4, -0.2) is 19.3 Å². The zero-order valence-electron chi connectivity index (χ0n) is 8.44. The second-order valence-corrected chi connectivity index (χ2v) is 3.89. The molecule has 0 aliphatic carbocycles. The van der Waals surface area contributed by atoms with Gasteiger partial charge >= 0.3 is 5.97 Å². The molecular weight excluding hydrogens is 212 g/mol. The number of hydrogen-bond acceptors (Lipinski definition) is 4. The molecule has 4 heteroatoms. The van der Waals surface area contributed by atoms with Crippen LogP contribution in [0.1, 0.15) is 10.6 Å². The largest absolute Gasteiger partial charge is 0.463 e. The van der Waals surface area contributed by atoms with E-state index in [0.29, 0.717) is 5.58 Å². The molecule has 0 spiro atoms. The maximum atomic E-state index is 11.2. The van der Waals surface area contributed by atoms with Crippen LogP contribution in [0.25, 0.3) is 11.0 Å². The van der Waals surface area contributed by atoms with Crippen molar-refractivity contribution in [2.24, 2.45) is 0 Å². The lowest BCUT2D eigenvalue weighted by Crippen LogP contribution is -1.97. The predicted octanol–water partition coefficient (Wildman–Crippen LogP) is 2.94. The third-order valence-electron chi connectivity index (χ3n) is 2.11. The van der Waals surface area contributed by atoms with Gasteiger partial charge in [0, 0.05) is 10.3 Å². The molecule has 0 N–H and O–H groups in total. The van der Waals surface area contributed by atoms with Crippen LogP contribution in [0.3, 0.4) is 0 Å². The number of hydrogen-bond donors (Lipinski definition) is 0. The first-order chi connectivity index (χ1) is 7.24. The summed E-state index contributed by atoms with van der Waals surface area (Å²) < 4.78 is 9.92. The van der Waals surface area contributed by atoms with Gasteiger partial charge in [0.25, 0.3) is 0 Å². The quantitative estimate of drug-likeness (QED) is 0.578. The summed E-state index contributed by atoms with van der Waals surface area (Å²) in [6, 6.07) is 7.49. The van der Waals surface area contributed by atoms with Crippen LogP contribution < -0.4 is 0 Å². The Morgan fingerprint density at radius 3 is 2.87 bits per heavy atom. The fourth-order valence-electron chi connectivity index (χ4n) is 1.35. The summed E-state index contributed by atoms with van der Waals surface area (Å²) in [5.41, 5.74) is 0.702. The smallest absolute Gasteiger partial charge is 0.373 e. The van der Waals surface area contributed by atoms with E-state index in [0.717, 1.165) is 10.3 Å². The van der Waals surface area contributed by atoms with Crippen molar-refractivity contribution in [3.63, 3.8) is 0 Å². The third kappa shape index (κ3) is 1.85. The monoisotopic (exact) mass is 222 g/mol. The molecule has 0 saturated heterocycles. The van der Waals surface area contributed by atoms with E-state index in [-0.39, 0.29) is 5.76 Å². The van der Waals surface area contributed by atoms with E-state index in [2.05, 4.69) is 4.74 Å². The molecule has 0 radical (unpaired) electrons. The molecule has 0 amide bonds. The van der Waals surface area contributed by atoms with Crippen LogP contribution in [0.5, 0.6) is 0 Å². The minimum absolute atomic E-state index is 0.241. The van der Waals surface area contributed by atoms with Crippen LogP contribution in [0.2, 0.25) is 0 Å². The topological polar surface area (TPSA) is 39.4 Å². The molecule has 1 aromatic heterocycles. The number of benzene rings is 1. The average molecular weight is 222 g/mol. The Morgan fingerprint density at radius 2 is 2.20 bits per heavy atom. The van der Waals surface area contributed by atoms with E-state index in [9.17, 15) is 4.79 Å². The van der Waals surface area contributed by atoms with Gasteiger partial charge in [-0.15, -0.1) is 11.8 Å². The summed E-state index contributed by atoms with van der Waals surface area (Å²) >= 11 is 1.65. The van der Waals surface area contributed by atoms with Gasteiger partial charge in [0.2, 0.25) is 5.76 Å². The number of fused-ring (bicyclic) bond motifs is 1. The highest BCUT2D eigenvalue weighted by molar-refractivity contribution is 7.98. The Morgan fingerprint density at radius 1 is 1.40 bits per heavy atom. The number of carbonyl (C=O) groups is 1. The van der Waals surface area contributed by atoms with Gasteiger partial charge in [-0.1, -0.05) is 0 Å². The first-order valence-electron chi connectivity index (χ1n) is 4.40. The molecule has 0 saturated carbocycles. The van der Waals surface area contributed by atoms with E-state index in [4.69, 9.17) is 4.42 Å². The van der Waals surface area contributed by atoms with Gasteiger partial charge in [-0.3, -0.25) is 0 Å². The second kappa shape index (κ2) is 3.98. The second-order valence-electron chi connectivity index (χ2n) is 3.01. The van der Waals surface area contributed by atoms with Crippen molar-refractivity contribution in [2.75, 3.05) is 13.4 Å². The molecule has 0 aliphatic heterocycles. The van der Waals surface area contributed by atoms with Gasteiger partial charge in [0.15, 0.2) is 0 Å². The van der Waals surface area contributed by atoms with Crippen molar-refractivity contribution >= 4 is 28.7 Å². The number of thioether (sulfide) groups is 1. The summed E-state index contributed by atoms with van der Waals surface area (Å²) in [6.45, 7) is 0. The lowest BCUT2D eigenvalue weighted by molar-refractivity contribution is 0.0567. The van der Waals surface area contributed by atoms with Gasteiger partial charge in [0.1, 0.15) is 5.58 Å². The van der Waals surface area contributed by atoms with Gasteiger partial charge in [0.05, 0.1) is 7.11 Å². The molecule has 0 fully saturated rings. The van der Waals surface area contributed by atoms with E-state index >= 15 is 0 Å². The van der Waals surface area contributed by atoms with Crippen LogP contribution >= 0.6 is 11.8 Å². The van der Waals surface area contributed by atoms with Gasteiger partial charge < -0.3 is 9.15 Å². The number of methoxy groups -OCH3 is 1. The van der Waals surface area contributed by atoms with Crippen molar-refractivity contribution < 1.29 is 13.9 Å². The summed E-state index contributed by atoms with van der Waals surface area (Å²) in [6.07, 6.45) is 2.00. The highest BCUT2D eigenvalue weighted by Gasteiger charge is 2.12. The highest BCUT2D eigenvalue weighted by atomic mass is 32.2. The Balaban J connectivity index is 2.51. The minimum Gasteiger partial charge on any atom is -0.463 e. The SMILES string of the molecule is COC(=O)c1cc2cc(SC)ccc2o1. The molecule has 2 aromatic rings. The van der Waals surface area contributed by atoms with E-state index in [1.807, 2.05) is 24.5 Å². The van der Waals surface area contributed by atoms with Gasteiger partial charge in [-0.2, -0.15) is 0 Å². The maximum Gasteiger partial charge on any atom is 0.373 e. The van der Waals surface area contributed by atoms with Crippen LogP contribution in [0.4, 0.5) is 0 Å². The molecule has 0 atom stereocenters. The fraction of sp³-hybridized carbons (Fsp3) is 0.182. The van der Waals surface area contributed by atoms with Crippen LogP contribution in [0.15, 0.2) is 33.6 Å². The van der Waals surface area contributed by atoms with Crippen LogP contribution in [-0.2, 0) is 4.74 Å². The van der Waals surface area contributed by atoms with Gasteiger partial charge in [-0.25, -0.2) is 4.79 Å². The molecule has 3 nitrogen and oxygen atoms in total. The summed E-state index contributed by atoms with van der Waals surface area (Å²) in [7, 11) is 1.34. The lowest BCUT2D eigenvalue weighted by atomic mass is 10.2. The Bertz CT molecular complexity index is 502. The number of esters is 1. The van der Waals surface area contributed by atoms with Crippen molar-refractivity contribution in [2.45, 2.75) is 4.90 Å². The first kappa shape index (κ1) is 10.1. The maximum absolute atomic E-state index is 11.2. The van der Waals surface area contributed by atoms with Crippen LogP contribution in [0, 0.1) is 0 Å². The number of furan rings is 1. The summed E-state index contributed by atoms with van der Waals surface area (Å²) in [5.74, 6) is -0.206. The average Bonchev–Trinajstić information content (AvgIpc) is 2.70. The number of ether oxygens (including phenoxy) is 1. The molecule has 78 valence electrons. The van der Waals surface area contributed by atoms with Crippen molar-refractivity contribution in [1.82, 2.24) is 0 Å². The predicted molar refractivity (Wildman–Crippen MR) is 59.3 cm³/mol. The van der Waals surface area contributed by atoms with Crippen molar-refractivity contribution in [3.05, 3.63) is 30.0 Å². The zero-order valence-corrected chi connectivity index (χ0v) is 9.26. The number of rotatable bonds is 2. The van der Waals surface area contributed by atoms with Gasteiger partial charge in [-0.05, 0) is 30.5 Å². The standard InChI is InChI=1S/C11H10O3S/c1-13-11(12)10-6-7-5-8(15-2)3-4-9(7)14-10/h3-6H,1-2H3. The Kier molecular flexibility index (Phi) is 2.68. The first-order valence-corrected chi connectivity index (χ1v) is 5.63. The normalized spacial score (nSPS) is 10.5. The summed E-state index contributed by atoms with van der Waals surface area (Å²) in [4.78, 5) is 12.4.